The van der Waals surface area contributed by atoms with Crippen molar-refractivity contribution >= 4 is 21.6 Å². The molecule has 1 saturated carbocycles. The molecule has 0 aromatic heterocycles. The highest BCUT2D eigenvalue weighted by molar-refractivity contribution is 9.10. The molecular weight excluding hydrogens is 264 g/mol. The van der Waals surface area contributed by atoms with Crippen molar-refractivity contribution in [2.45, 2.75) is 31.7 Å². The van der Waals surface area contributed by atoms with E-state index in [0.29, 0.717) is 6.04 Å². The predicted molar refractivity (Wildman–Crippen MR) is 69.5 cm³/mol. The fraction of sp³-hybridized carbons (Fsp3) is 0.462. The molecule has 0 atom stereocenters. The molecule has 0 bridgehead atoms. The standard InChI is InChI=1S/C13H15BrN2/c1-16(10-5-2-3-6-10)13-8-4-7-12(14)11(13)9-15/h4,7-8,10H,2-3,5-6H2,1H3. The molecule has 0 N–H and O–H groups in total. The zero-order valence-electron chi connectivity index (χ0n) is 9.41. The summed E-state index contributed by atoms with van der Waals surface area (Å²) in [5, 5.41) is 9.18. The van der Waals surface area contributed by atoms with Crippen molar-refractivity contribution in [1.29, 1.82) is 5.26 Å². The van der Waals surface area contributed by atoms with Gasteiger partial charge in [0.25, 0.3) is 0 Å². The molecule has 2 nitrogen and oxygen atoms in total. The molecule has 0 aliphatic heterocycles. The minimum Gasteiger partial charge on any atom is -0.371 e. The van der Waals surface area contributed by atoms with E-state index in [1.54, 1.807) is 0 Å². The second-order valence-electron chi connectivity index (χ2n) is 4.29. The first-order valence-electron chi connectivity index (χ1n) is 5.65. The summed E-state index contributed by atoms with van der Waals surface area (Å²) in [5.74, 6) is 0. The van der Waals surface area contributed by atoms with Gasteiger partial charge in [0.05, 0.1) is 11.3 Å². The topological polar surface area (TPSA) is 27.0 Å². The SMILES string of the molecule is CN(c1cccc(Br)c1C#N)C1CCCC1. The van der Waals surface area contributed by atoms with Gasteiger partial charge in [-0.2, -0.15) is 5.26 Å². The van der Waals surface area contributed by atoms with Gasteiger partial charge < -0.3 is 4.90 Å². The molecule has 0 amide bonds. The zero-order chi connectivity index (χ0) is 11.5. The Labute approximate surface area is 105 Å². The largest absolute Gasteiger partial charge is 0.371 e. The van der Waals surface area contributed by atoms with E-state index in [-0.39, 0.29) is 0 Å². The Morgan fingerprint density at radius 1 is 1.38 bits per heavy atom. The highest BCUT2D eigenvalue weighted by Crippen LogP contribution is 2.31. The molecule has 0 saturated heterocycles. The Kier molecular flexibility index (Phi) is 3.50. The van der Waals surface area contributed by atoms with E-state index >= 15 is 0 Å². The van der Waals surface area contributed by atoms with Crippen molar-refractivity contribution in [2.75, 3.05) is 11.9 Å². The predicted octanol–water partition coefficient (Wildman–Crippen LogP) is 3.70. The summed E-state index contributed by atoms with van der Waals surface area (Å²) in [6.07, 6.45) is 5.11. The van der Waals surface area contributed by atoms with E-state index in [2.05, 4.69) is 33.9 Å². The monoisotopic (exact) mass is 278 g/mol. The van der Waals surface area contributed by atoms with Crippen LogP contribution in [0.4, 0.5) is 5.69 Å². The number of hydrogen-bond acceptors (Lipinski definition) is 2. The van der Waals surface area contributed by atoms with E-state index < -0.39 is 0 Å². The van der Waals surface area contributed by atoms with Crippen molar-refractivity contribution in [3.05, 3.63) is 28.2 Å². The highest BCUT2D eigenvalue weighted by atomic mass is 79.9. The molecule has 1 aliphatic carbocycles. The second kappa shape index (κ2) is 4.88. The van der Waals surface area contributed by atoms with E-state index in [9.17, 15) is 5.26 Å². The average molecular weight is 279 g/mol. The maximum atomic E-state index is 9.18. The van der Waals surface area contributed by atoms with E-state index in [4.69, 9.17) is 0 Å². The van der Waals surface area contributed by atoms with Gasteiger partial charge >= 0.3 is 0 Å². The van der Waals surface area contributed by atoms with Crippen LogP contribution in [0, 0.1) is 11.3 Å². The van der Waals surface area contributed by atoms with Crippen LogP contribution >= 0.6 is 15.9 Å². The van der Waals surface area contributed by atoms with Gasteiger partial charge in [-0.05, 0) is 40.9 Å². The Hall–Kier alpha value is -1.01. The molecule has 0 heterocycles. The van der Waals surface area contributed by atoms with Crippen molar-refractivity contribution in [1.82, 2.24) is 0 Å². The van der Waals surface area contributed by atoms with E-state index in [1.165, 1.54) is 25.7 Å². The molecule has 0 spiro atoms. The third-order valence-electron chi connectivity index (χ3n) is 3.36. The second-order valence-corrected chi connectivity index (χ2v) is 5.15. The first-order chi connectivity index (χ1) is 7.74. The maximum absolute atomic E-state index is 9.18. The Balaban J connectivity index is 2.32. The van der Waals surface area contributed by atoms with Crippen LogP contribution in [-0.4, -0.2) is 13.1 Å². The minimum atomic E-state index is 0.599. The van der Waals surface area contributed by atoms with Crippen molar-refractivity contribution in [2.24, 2.45) is 0 Å². The number of halogens is 1. The highest BCUT2D eigenvalue weighted by Gasteiger charge is 2.22. The van der Waals surface area contributed by atoms with Gasteiger partial charge in [0, 0.05) is 17.6 Å². The summed E-state index contributed by atoms with van der Waals surface area (Å²) in [4.78, 5) is 2.26. The smallest absolute Gasteiger partial charge is 0.103 e. The molecule has 2 rings (SSSR count). The molecule has 16 heavy (non-hydrogen) atoms. The lowest BCUT2D eigenvalue weighted by Crippen LogP contribution is -2.29. The van der Waals surface area contributed by atoms with Crippen LogP contribution < -0.4 is 4.90 Å². The van der Waals surface area contributed by atoms with Gasteiger partial charge in [0.2, 0.25) is 0 Å². The summed E-state index contributed by atoms with van der Waals surface area (Å²) < 4.78 is 0.886. The third kappa shape index (κ3) is 2.08. The fourth-order valence-electron chi connectivity index (χ4n) is 2.41. The first kappa shape index (κ1) is 11.5. The van der Waals surface area contributed by atoms with Crippen LogP contribution in [0.25, 0.3) is 0 Å². The number of nitrogens with zero attached hydrogens (tertiary/aromatic N) is 2. The van der Waals surface area contributed by atoms with Crippen LogP contribution in [0.3, 0.4) is 0 Å². The van der Waals surface area contributed by atoms with Crippen molar-refractivity contribution in [3.8, 4) is 6.07 Å². The molecule has 3 heteroatoms. The van der Waals surface area contributed by atoms with Crippen LogP contribution in [0.2, 0.25) is 0 Å². The Morgan fingerprint density at radius 3 is 2.69 bits per heavy atom. The average Bonchev–Trinajstić information content (AvgIpc) is 2.81. The van der Waals surface area contributed by atoms with Gasteiger partial charge in [-0.15, -0.1) is 0 Å². The summed E-state index contributed by atoms with van der Waals surface area (Å²) in [5.41, 5.74) is 1.79. The van der Waals surface area contributed by atoms with Crippen LogP contribution in [0.15, 0.2) is 22.7 Å². The summed E-state index contributed by atoms with van der Waals surface area (Å²) >= 11 is 3.44. The Morgan fingerprint density at radius 2 is 2.06 bits per heavy atom. The maximum Gasteiger partial charge on any atom is 0.103 e. The van der Waals surface area contributed by atoms with Crippen LogP contribution in [0.1, 0.15) is 31.2 Å². The Bertz CT molecular complexity index is 416. The molecule has 0 unspecified atom stereocenters. The van der Waals surface area contributed by atoms with Gasteiger partial charge in [0.15, 0.2) is 0 Å². The molecule has 1 aliphatic rings. The van der Waals surface area contributed by atoms with E-state index in [1.807, 2.05) is 18.2 Å². The quantitative estimate of drug-likeness (QED) is 0.825. The third-order valence-corrected chi connectivity index (χ3v) is 4.02. The van der Waals surface area contributed by atoms with Gasteiger partial charge in [-0.25, -0.2) is 0 Å². The number of benzene rings is 1. The molecule has 84 valence electrons. The van der Waals surface area contributed by atoms with Gasteiger partial charge in [-0.1, -0.05) is 18.9 Å². The normalized spacial score (nSPS) is 16.1. The summed E-state index contributed by atoms with van der Waals surface area (Å²) in [7, 11) is 2.10. The molecular formula is C13H15BrN2. The molecule has 1 aromatic rings. The lowest BCUT2D eigenvalue weighted by atomic mass is 10.1. The van der Waals surface area contributed by atoms with E-state index in [0.717, 1.165) is 15.7 Å². The number of rotatable bonds is 2. The minimum absolute atomic E-state index is 0.599. The van der Waals surface area contributed by atoms with Crippen LogP contribution in [0.5, 0.6) is 0 Å². The number of hydrogen-bond donors (Lipinski definition) is 0. The fourth-order valence-corrected chi connectivity index (χ4v) is 2.85. The zero-order valence-corrected chi connectivity index (χ0v) is 11.0. The summed E-state index contributed by atoms with van der Waals surface area (Å²) in [6.45, 7) is 0. The molecule has 0 radical (unpaired) electrons. The van der Waals surface area contributed by atoms with Crippen LogP contribution in [-0.2, 0) is 0 Å². The summed E-state index contributed by atoms with van der Waals surface area (Å²) in [6, 6.07) is 8.82. The van der Waals surface area contributed by atoms with Gasteiger partial charge in [0.1, 0.15) is 6.07 Å². The van der Waals surface area contributed by atoms with Crippen molar-refractivity contribution < 1.29 is 0 Å². The number of anilines is 1. The first-order valence-corrected chi connectivity index (χ1v) is 6.45. The lowest BCUT2D eigenvalue weighted by Gasteiger charge is -2.27. The molecule has 1 aromatic carbocycles. The molecule has 1 fully saturated rings. The lowest BCUT2D eigenvalue weighted by molar-refractivity contribution is 0.652. The van der Waals surface area contributed by atoms with Gasteiger partial charge in [-0.3, -0.25) is 0 Å². The number of nitriles is 1. The van der Waals surface area contributed by atoms with Crippen molar-refractivity contribution in [3.63, 3.8) is 0 Å².